The normalized spacial score (nSPS) is 24.8. The van der Waals surface area contributed by atoms with Gasteiger partial charge in [0.15, 0.2) is 0 Å². The first kappa shape index (κ1) is 13.1. The largest absolute Gasteiger partial charge is 0.360 e. The summed E-state index contributed by atoms with van der Waals surface area (Å²) in [7, 11) is 0. The van der Waals surface area contributed by atoms with Crippen LogP contribution in [0.15, 0.2) is 0 Å². The van der Waals surface area contributed by atoms with Crippen LogP contribution < -0.4 is 5.32 Å². The van der Waals surface area contributed by atoms with Gasteiger partial charge in [-0.1, -0.05) is 6.92 Å². The molecule has 0 radical (unpaired) electrons. The van der Waals surface area contributed by atoms with Crippen molar-refractivity contribution in [3.05, 3.63) is 5.82 Å². The van der Waals surface area contributed by atoms with Gasteiger partial charge in [-0.2, -0.15) is 4.37 Å². The Kier molecular flexibility index (Phi) is 5.04. The Morgan fingerprint density at radius 3 is 2.82 bits per heavy atom. The average Bonchev–Trinajstić information content (AvgIpc) is 2.77. The van der Waals surface area contributed by atoms with Crippen molar-refractivity contribution in [2.24, 2.45) is 5.92 Å². The number of anilines is 1. The van der Waals surface area contributed by atoms with Gasteiger partial charge in [0.25, 0.3) is 0 Å². The van der Waals surface area contributed by atoms with Crippen LogP contribution in [0.5, 0.6) is 0 Å². The van der Waals surface area contributed by atoms with E-state index in [1.54, 1.807) is 0 Å². The lowest BCUT2D eigenvalue weighted by Crippen LogP contribution is -2.21. The number of alkyl halides is 1. The van der Waals surface area contributed by atoms with Crippen molar-refractivity contribution in [1.29, 1.82) is 0 Å². The van der Waals surface area contributed by atoms with Crippen LogP contribution in [0.2, 0.25) is 0 Å². The molecule has 0 unspecified atom stereocenters. The summed E-state index contributed by atoms with van der Waals surface area (Å²) in [6, 6.07) is 0. The molecule has 1 aromatic heterocycles. The van der Waals surface area contributed by atoms with Crippen molar-refractivity contribution in [3.8, 4) is 0 Å². The lowest BCUT2D eigenvalue weighted by Gasteiger charge is -2.24. The second-order valence-corrected chi connectivity index (χ2v) is 6.13. The number of rotatable bonds is 5. The first-order chi connectivity index (χ1) is 8.28. The fourth-order valence-corrected chi connectivity index (χ4v) is 3.08. The highest BCUT2D eigenvalue weighted by atomic mass is 35.5. The van der Waals surface area contributed by atoms with Crippen LogP contribution in [0.3, 0.4) is 0 Å². The molecule has 0 bridgehead atoms. The van der Waals surface area contributed by atoms with E-state index in [1.165, 1.54) is 24.4 Å². The molecule has 17 heavy (non-hydrogen) atoms. The molecule has 0 aliphatic heterocycles. The van der Waals surface area contributed by atoms with E-state index in [4.69, 9.17) is 11.6 Å². The summed E-state index contributed by atoms with van der Waals surface area (Å²) in [5, 5.41) is 4.79. The Labute approximate surface area is 112 Å². The fraction of sp³-hybridized carbons (Fsp3) is 0.833. The number of nitrogens with one attached hydrogen (secondary N) is 1. The van der Waals surface area contributed by atoms with Crippen LogP contribution in [0.4, 0.5) is 5.13 Å². The Morgan fingerprint density at radius 1 is 1.35 bits per heavy atom. The van der Waals surface area contributed by atoms with Gasteiger partial charge < -0.3 is 5.32 Å². The number of hydrogen-bond acceptors (Lipinski definition) is 4. The minimum absolute atomic E-state index is 0.406. The number of nitrogens with zero attached hydrogens (tertiary/aromatic N) is 2. The average molecular weight is 274 g/mol. The van der Waals surface area contributed by atoms with Gasteiger partial charge in [0.05, 0.1) is 0 Å². The molecule has 96 valence electrons. The lowest BCUT2D eigenvalue weighted by molar-refractivity contribution is 0.378. The molecule has 1 aromatic rings. The predicted octanol–water partition coefficient (Wildman–Crippen LogP) is 3.70. The number of aromatic nitrogens is 2. The van der Waals surface area contributed by atoms with Crippen LogP contribution in [-0.2, 0) is 6.42 Å². The summed E-state index contributed by atoms with van der Waals surface area (Å²) in [4.78, 5) is 4.47. The Morgan fingerprint density at radius 2 is 2.12 bits per heavy atom. The van der Waals surface area contributed by atoms with E-state index >= 15 is 0 Å². The van der Waals surface area contributed by atoms with Gasteiger partial charge in [0.2, 0.25) is 5.13 Å². The van der Waals surface area contributed by atoms with Crippen molar-refractivity contribution in [1.82, 2.24) is 9.36 Å². The molecule has 0 amide bonds. The second kappa shape index (κ2) is 6.55. The summed E-state index contributed by atoms with van der Waals surface area (Å²) < 4.78 is 4.33. The maximum Gasteiger partial charge on any atom is 0.202 e. The first-order valence-corrected chi connectivity index (χ1v) is 7.69. The van der Waals surface area contributed by atoms with E-state index in [-0.39, 0.29) is 0 Å². The quantitative estimate of drug-likeness (QED) is 0.832. The summed E-state index contributed by atoms with van der Waals surface area (Å²) in [6.07, 6.45) is 6.88. The number of hydrogen-bond donors (Lipinski definition) is 1. The molecule has 2 rings (SSSR count). The SMILES string of the molecule is CCCc1nsc(NCC2CCC(Cl)CC2)n1. The topological polar surface area (TPSA) is 37.8 Å². The molecule has 0 saturated heterocycles. The van der Waals surface area contributed by atoms with Crippen molar-refractivity contribution in [2.75, 3.05) is 11.9 Å². The first-order valence-electron chi connectivity index (χ1n) is 6.48. The zero-order chi connectivity index (χ0) is 12.1. The lowest BCUT2D eigenvalue weighted by atomic mass is 9.89. The van der Waals surface area contributed by atoms with Crippen molar-refractivity contribution in [3.63, 3.8) is 0 Å². The van der Waals surface area contributed by atoms with E-state index in [0.717, 1.165) is 49.1 Å². The highest BCUT2D eigenvalue weighted by Crippen LogP contribution is 2.27. The number of aryl methyl sites for hydroxylation is 1. The minimum atomic E-state index is 0.406. The summed E-state index contributed by atoms with van der Waals surface area (Å²) >= 11 is 7.58. The highest BCUT2D eigenvalue weighted by molar-refractivity contribution is 7.09. The molecule has 0 spiro atoms. The van der Waals surface area contributed by atoms with Crippen molar-refractivity contribution >= 4 is 28.3 Å². The van der Waals surface area contributed by atoms with Crippen LogP contribution in [0, 0.1) is 5.92 Å². The molecular weight excluding hydrogens is 254 g/mol. The smallest absolute Gasteiger partial charge is 0.202 e. The van der Waals surface area contributed by atoms with Gasteiger partial charge in [-0.3, -0.25) is 0 Å². The number of halogens is 1. The molecule has 1 aliphatic rings. The zero-order valence-electron chi connectivity index (χ0n) is 10.3. The van der Waals surface area contributed by atoms with Crippen molar-refractivity contribution in [2.45, 2.75) is 50.8 Å². The van der Waals surface area contributed by atoms with Crippen LogP contribution in [0.25, 0.3) is 0 Å². The summed E-state index contributed by atoms with van der Waals surface area (Å²) in [5.74, 6) is 1.73. The predicted molar refractivity (Wildman–Crippen MR) is 74.0 cm³/mol. The van der Waals surface area contributed by atoms with Gasteiger partial charge in [-0.25, -0.2) is 4.98 Å². The van der Waals surface area contributed by atoms with Gasteiger partial charge >= 0.3 is 0 Å². The maximum absolute atomic E-state index is 6.10. The third kappa shape index (κ3) is 4.11. The van der Waals surface area contributed by atoms with Crippen LogP contribution in [-0.4, -0.2) is 21.3 Å². The van der Waals surface area contributed by atoms with Crippen LogP contribution in [0.1, 0.15) is 44.9 Å². The highest BCUT2D eigenvalue weighted by Gasteiger charge is 2.19. The molecule has 1 fully saturated rings. The van der Waals surface area contributed by atoms with E-state index in [2.05, 4.69) is 21.6 Å². The van der Waals surface area contributed by atoms with Gasteiger partial charge in [0.1, 0.15) is 5.82 Å². The molecule has 1 aliphatic carbocycles. The second-order valence-electron chi connectivity index (χ2n) is 4.76. The van der Waals surface area contributed by atoms with E-state index in [9.17, 15) is 0 Å². The molecular formula is C12H20ClN3S. The third-order valence-corrected chi connectivity index (χ3v) is 4.41. The zero-order valence-corrected chi connectivity index (χ0v) is 11.9. The fourth-order valence-electron chi connectivity index (χ4n) is 2.21. The van der Waals surface area contributed by atoms with Gasteiger partial charge in [0, 0.05) is 29.9 Å². The van der Waals surface area contributed by atoms with Gasteiger partial charge in [-0.05, 0) is 38.0 Å². The van der Waals surface area contributed by atoms with E-state index in [0.29, 0.717) is 5.38 Å². The van der Waals surface area contributed by atoms with E-state index < -0.39 is 0 Å². The summed E-state index contributed by atoms with van der Waals surface area (Å²) in [6.45, 7) is 3.17. The molecule has 5 heteroatoms. The maximum atomic E-state index is 6.10. The molecule has 1 saturated carbocycles. The molecule has 1 N–H and O–H groups in total. The third-order valence-electron chi connectivity index (χ3n) is 3.26. The standard InChI is InChI=1S/C12H20ClN3S/c1-2-3-11-15-12(17-16-11)14-8-9-4-6-10(13)7-5-9/h9-10H,2-8H2,1H3,(H,14,15,16). The van der Waals surface area contributed by atoms with Crippen molar-refractivity contribution < 1.29 is 0 Å². The molecule has 0 aromatic carbocycles. The minimum Gasteiger partial charge on any atom is -0.360 e. The molecule has 3 nitrogen and oxygen atoms in total. The summed E-state index contributed by atoms with van der Waals surface area (Å²) in [5.41, 5.74) is 0. The van der Waals surface area contributed by atoms with Gasteiger partial charge in [-0.15, -0.1) is 11.6 Å². The Bertz CT molecular complexity index is 334. The van der Waals surface area contributed by atoms with Crippen LogP contribution >= 0.6 is 23.1 Å². The molecule has 0 atom stereocenters. The Balaban J connectivity index is 1.73. The molecule has 1 heterocycles. The Hall–Kier alpha value is -0.350. The monoisotopic (exact) mass is 273 g/mol. The van der Waals surface area contributed by atoms with E-state index in [1.807, 2.05) is 0 Å².